The highest BCUT2D eigenvalue weighted by molar-refractivity contribution is 5.75. The molecule has 2 atom stereocenters. The van der Waals surface area contributed by atoms with Gasteiger partial charge in [-0.1, -0.05) is 33.6 Å². The van der Waals surface area contributed by atoms with Crippen molar-refractivity contribution in [3.63, 3.8) is 0 Å². The largest absolute Gasteiger partial charge is 0.286 e. The third kappa shape index (κ3) is 5.02. The molecule has 0 bridgehead atoms. The van der Waals surface area contributed by atoms with Gasteiger partial charge in [0.15, 0.2) is 0 Å². The minimum absolute atomic E-state index is 0. The van der Waals surface area contributed by atoms with E-state index in [1.54, 1.807) is 0 Å². The minimum atomic E-state index is -0.0372. The molecule has 2 aliphatic rings. The van der Waals surface area contributed by atoms with E-state index >= 15 is 0 Å². The third-order valence-electron chi connectivity index (χ3n) is 5.44. The third-order valence-corrected chi connectivity index (χ3v) is 5.44. The summed E-state index contributed by atoms with van der Waals surface area (Å²) in [4.78, 5) is 0. The molecule has 3 N–H and O–H groups in total. The van der Waals surface area contributed by atoms with E-state index in [9.17, 15) is 0 Å². The van der Waals surface area contributed by atoms with Gasteiger partial charge in [0, 0.05) is 19.0 Å². The van der Waals surface area contributed by atoms with E-state index in [1.807, 2.05) is 0 Å². The standard InChI is InChI=1S/C18H38N4.H4Si/c1-4-12-19-18(20-13-5-2)17-10-8-7-9-16(17)11-15-22(18)21-14-6-3;/h16-17,19-21H,4-15H2,1-3H3;1H4. The molecule has 0 radical (unpaired) electrons. The molecule has 0 aromatic carbocycles. The van der Waals surface area contributed by atoms with Crippen LogP contribution in [0.5, 0.6) is 0 Å². The van der Waals surface area contributed by atoms with Crippen molar-refractivity contribution in [3.05, 3.63) is 0 Å². The summed E-state index contributed by atoms with van der Waals surface area (Å²) in [7, 11) is 0. The number of hydrogen-bond acceptors (Lipinski definition) is 4. The molecule has 2 fully saturated rings. The molecular formula is C18H42N4Si. The van der Waals surface area contributed by atoms with Crippen molar-refractivity contribution in [2.24, 2.45) is 11.8 Å². The highest BCUT2D eigenvalue weighted by Crippen LogP contribution is 2.42. The fourth-order valence-corrected chi connectivity index (χ4v) is 4.37. The summed E-state index contributed by atoms with van der Waals surface area (Å²) in [5.74, 6) is 1.59. The van der Waals surface area contributed by atoms with E-state index in [2.05, 4.69) is 41.8 Å². The molecular weight excluding hydrogens is 300 g/mol. The fraction of sp³-hybridized carbons (Fsp3) is 1.00. The lowest BCUT2D eigenvalue weighted by Crippen LogP contribution is -2.78. The molecule has 1 saturated heterocycles. The lowest BCUT2D eigenvalue weighted by Gasteiger charge is -2.57. The molecule has 1 aliphatic heterocycles. The molecule has 0 amide bonds. The Morgan fingerprint density at radius 1 is 0.870 bits per heavy atom. The second kappa shape index (κ2) is 10.8. The molecule has 4 nitrogen and oxygen atoms in total. The summed E-state index contributed by atoms with van der Waals surface area (Å²) in [5, 5.41) is 10.4. The maximum absolute atomic E-state index is 3.93. The Hall–Kier alpha value is 0.0569. The van der Waals surface area contributed by atoms with Crippen molar-refractivity contribution in [1.82, 2.24) is 21.1 Å². The quantitative estimate of drug-likeness (QED) is 0.440. The van der Waals surface area contributed by atoms with Gasteiger partial charge >= 0.3 is 0 Å². The Kier molecular flexibility index (Phi) is 9.93. The van der Waals surface area contributed by atoms with Crippen molar-refractivity contribution in [1.29, 1.82) is 0 Å². The molecule has 1 saturated carbocycles. The smallest absolute Gasteiger partial charge is 0.141 e. The van der Waals surface area contributed by atoms with Crippen molar-refractivity contribution in [3.8, 4) is 0 Å². The number of hydrogen-bond donors (Lipinski definition) is 3. The average molecular weight is 343 g/mol. The van der Waals surface area contributed by atoms with Gasteiger partial charge in [-0.2, -0.15) is 0 Å². The molecule has 0 spiro atoms. The lowest BCUT2D eigenvalue weighted by atomic mass is 9.71. The van der Waals surface area contributed by atoms with Crippen molar-refractivity contribution in [2.45, 2.75) is 77.9 Å². The van der Waals surface area contributed by atoms with Crippen LogP contribution < -0.4 is 16.1 Å². The number of hydrazine groups is 1. The summed E-state index contributed by atoms with van der Waals surface area (Å²) in [6.45, 7) is 11.2. The molecule has 23 heavy (non-hydrogen) atoms. The van der Waals surface area contributed by atoms with Crippen LogP contribution in [0.4, 0.5) is 0 Å². The van der Waals surface area contributed by atoms with Gasteiger partial charge < -0.3 is 0 Å². The molecule has 1 heterocycles. The minimum Gasteiger partial charge on any atom is -0.286 e. The van der Waals surface area contributed by atoms with Crippen LogP contribution in [0.1, 0.15) is 72.1 Å². The van der Waals surface area contributed by atoms with Crippen LogP contribution in [0.25, 0.3) is 0 Å². The summed E-state index contributed by atoms with van der Waals surface area (Å²) in [6, 6.07) is 0. The van der Waals surface area contributed by atoms with Gasteiger partial charge in [0.1, 0.15) is 5.79 Å². The predicted octanol–water partition coefficient (Wildman–Crippen LogP) is 1.61. The van der Waals surface area contributed by atoms with Crippen LogP contribution in [0.2, 0.25) is 0 Å². The van der Waals surface area contributed by atoms with Crippen LogP contribution in [0, 0.1) is 11.8 Å². The van der Waals surface area contributed by atoms with Gasteiger partial charge in [0.25, 0.3) is 0 Å². The molecule has 0 aromatic rings. The fourth-order valence-electron chi connectivity index (χ4n) is 4.37. The summed E-state index contributed by atoms with van der Waals surface area (Å²) >= 11 is 0. The topological polar surface area (TPSA) is 39.3 Å². The zero-order chi connectivity index (χ0) is 15.8. The monoisotopic (exact) mass is 342 g/mol. The molecule has 2 rings (SSSR count). The van der Waals surface area contributed by atoms with Crippen molar-refractivity contribution >= 4 is 11.0 Å². The first-order valence-corrected chi connectivity index (χ1v) is 9.79. The zero-order valence-electron chi connectivity index (χ0n) is 15.1. The Labute approximate surface area is 148 Å². The second-order valence-electron chi connectivity index (χ2n) is 7.12. The first-order chi connectivity index (χ1) is 10.8. The molecule has 5 heteroatoms. The maximum atomic E-state index is 3.93. The SMILES string of the molecule is CCCNN1CCC2CCCCC2C1(NCCC)NCCC.[SiH4]. The first kappa shape index (κ1) is 21.1. The highest BCUT2D eigenvalue weighted by Gasteiger charge is 2.50. The van der Waals surface area contributed by atoms with Crippen LogP contribution >= 0.6 is 0 Å². The average Bonchev–Trinajstić information content (AvgIpc) is 2.57. The summed E-state index contributed by atoms with van der Waals surface area (Å²) < 4.78 is 0. The van der Waals surface area contributed by atoms with Gasteiger partial charge in [0.2, 0.25) is 0 Å². The molecule has 138 valence electrons. The highest BCUT2D eigenvalue weighted by atomic mass is 28.1. The number of fused-ring (bicyclic) bond motifs is 1. The molecule has 1 aliphatic carbocycles. The first-order valence-electron chi connectivity index (χ1n) is 9.79. The molecule has 0 aromatic heterocycles. The Bertz CT molecular complexity index is 305. The van der Waals surface area contributed by atoms with E-state index in [4.69, 9.17) is 0 Å². The van der Waals surface area contributed by atoms with E-state index < -0.39 is 0 Å². The van der Waals surface area contributed by atoms with E-state index in [-0.39, 0.29) is 16.8 Å². The predicted molar refractivity (Wildman–Crippen MR) is 106 cm³/mol. The van der Waals surface area contributed by atoms with Gasteiger partial charge in [-0.25, -0.2) is 5.01 Å². The number of piperidine rings is 1. The van der Waals surface area contributed by atoms with Gasteiger partial charge in [-0.15, -0.1) is 0 Å². The lowest BCUT2D eigenvalue weighted by molar-refractivity contribution is -0.126. The van der Waals surface area contributed by atoms with Gasteiger partial charge in [-0.3, -0.25) is 16.1 Å². The summed E-state index contributed by atoms with van der Waals surface area (Å²) in [5.41, 5.74) is 3.72. The maximum Gasteiger partial charge on any atom is 0.141 e. The van der Waals surface area contributed by atoms with Gasteiger partial charge in [0.05, 0.1) is 0 Å². The van der Waals surface area contributed by atoms with Gasteiger partial charge in [-0.05, 0) is 68.5 Å². The normalized spacial score (nSPS) is 27.3. The Morgan fingerprint density at radius 3 is 2.09 bits per heavy atom. The Morgan fingerprint density at radius 2 is 1.48 bits per heavy atom. The number of rotatable bonds is 9. The van der Waals surface area contributed by atoms with Crippen LogP contribution in [0.15, 0.2) is 0 Å². The van der Waals surface area contributed by atoms with Crippen LogP contribution in [-0.4, -0.2) is 47.9 Å². The van der Waals surface area contributed by atoms with Crippen molar-refractivity contribution in [2.75, 3.05) is 26.2 Å². The Balaban J connectivity index is 0.00000264. The second-order valence-corrected chi connectivity index (χ2v) is 7.12. The van der Waals surface area contributed by atoms with Crippen LogP contribution in [0.3, 0.4) is 0 Å². The van der Waals surface area contributed by atoms with Crippen LogP contribution in [-0.2, 0) is 0 Å². The molecule has 2 unspecified atom stereocenters. The number of nitrogens with zero attached hydrogens (tertiary/aromatic N) is 1. The van der Waals surface area contributed by atoms with E-state index in [0.717, 1.165) is 38.0 Å². The van der Waals surface area contributed by atoms with E-state index in [0.29, 0.717) is 0 Å². The van der Waals surface area contributed by atoms with Crippen molar-refractivity contribution < 1.29 is 0 Å². The zero-order valence-corrected chi connectivity index (χ0v) is 15.1. The van der Waals surface area contributed by atoms with E-state index in [1.165, 1.54) is 51.4 Å². The number of nitrogens with one attached hydrogen (secondary N) is 3. The summed E-state index contributed by atoms with van der Waals surface area (Å²) in [6.07, 6.45) is 10.5.